The number of nitrogens with one attached hydrogen (secondary N) is 1. The molecule has 0 amide bonds. The zero-order chi connectivity index (χ0) is 15.4. The summed E-state index contributed by atoms with van der Waals surface area (Å²) in [4.78, 5) is 4.26. The van der Waals surface area contributed by atoms with E-state index in [0.717, 1.165) is 12.4 Å². The lowest BCUT2D eigenvalue weighted by Gasteiger charge is -2.18. The van der Waals surface area contributed by atoms with Crippen LogP contribution in [-0.2, 0) is 13.0 Å². The molecule has 0 aliphatic carbocycles. The number of hydrazine groups is 1. The molecular weight excluding hydrogens is 271 g/mol. The molecule has 0 bridgehead atoms. The molecule has 2 rings (SSSR count). The summed E-state index contributed by atoms with van der Waals surface area (Å²) in [7, 11) is 0. The van der Waals surface area contributed by atoms with Crippen LogP contribution in [0.3, 0.4) is 0 Å². The lowest BCUT2D eigenvalue weighted by molar-refractivity contribution is 0.446. The fourth-order valence-electron chi connectivity index (χ4n) is 2.23. The van der Waals surface area contributed by atoms with Gasteiger partial charge in [-0.2, -0.15) is 5.10 Å². The largest absolute Gasteiger partial charge is 0.398 e. The third kappa shape index (κ3) is 3.77. The highest BCUT2D eigenvalue weighted by atomic mass is 19.1. The van der Waals surface area contributed by atoms with Gasteiger partial charge in [0.2, 0.25) is 0 Å². The average Bonchev–Trinajstić information content (AvgIpc) is 2.85. The molecular formula is C14H21FN6. The van der Waals surface area contributed by atoms with Gasteiger partial charge >= 0.3 is 0 Å². The van der Waals surface area contributed by atoms with E-state index in [2.05, 4.69) is 29.4 Å². The Morgan fingerprint density at radius 1 is 1.38 bits per heavy atom. The second-order valence-corrected chi connectivity index (χ2v) is 5.45. The fourth-order valence-corrected chi connectivity index (χ4v) is 2.23. The standard InChI is InChI=1S/C14H21FN6/c1-9(2)7-21-14(18-8-19-21)6-13(20-17)11-5-10(15)3-4-12(11)16/h3-5,8-9,13,20H,6-7,16-17H2,1-2H3. The minimum absolute atomic E-state index is 0.323. The summed E-state index contributed by atoms with van der Waals surface area (Å²) in [5.74, 6) is 6.50. The number of benzene rings is 1. The Morgan fingerprint density at radius 2 is 2.14 bits per heavy atom. The van der Waals surface area contributed by atoms with Crippen molar-refractivity contribution in [2.75, 3.05) is 5.73 Å². The van der Waals surface area contributed by atoms with Crippen molar-refractivity contribution in [3.63, 3.8) is 0 Å². The van der Waals surface area contributed by atoms with E-state index in [1.54, 1.807) is 0 Å². The molecule has 0 aliphatic rings. The molecule has 114 valence electrons. The highest BCUT2D eigenvalue weighted by molar-refractivity contribution is 5.48. The number of nitrogens with two attached hydrogens (primary N) is 2. The highest BCUT2D eigenvalue weighted by Gasteiger charge is 2.18. The van der Waals surface area contributed by atoms with E-state index >= 15 is 0 Å². The molecule has 0 saturated carbocycles. The van der Waals surface area contributed by atoms with Gasteiger partial charge in [0, 0.05) is 18.7 Å². The molecule has 0 fully saturated rings. The van der Waals surface area contributed by atoms with Crippen molar-refractivity contribution < 1.29 is 4.39 Å². The first-order chi connectivity index (χ1) is 10.0. The Morgan fingerprint density at radius 3 is 2.81 bits per heavy atom. The lowest BCUT2D eigenvalue weighted by atomic mass is 10.0. The number of nitrogens with zero attached hydrogens (tertiary/aromatic N) is 3. The number of aromatic nitrogens is 3. The molecule has 1 aromatic heterocycles. The van der Waals surface area contributed by atoms with Gasteiger partial charge in [-0.3, -0.25) is 11.3 Å². The van der Waals surface area contributed by atoms with Crippen molar-refractivity contribution in [3.05, 3.63) is 41.7 Å². The Bertz CT molecular complexity index is 595. The van der Waals surface area contributed by atoms with Gasteiger partial charge in [-0.05, 0) is 29.7 Å². The second kappa shape index (κ2) is 6.64. The third-order valence-electron chi connectivity index (χ3n) is 3.25. The maximum absolute atomic E-state index is 13.4. The predicted molar refractivity (Wildman–Crippen MR) is 79.4 cm³/mol. The first-order valence-corrected chi connectivity index (χ1v) is 6.89. The summed E-state index contributed by atoms with van der Waals surface area (Å²) >= 11 is 0. The van der Waals surface area contributed by atoms with Gasteiger partial charge in [-0.25, -0.2) is 14.1 Å². The van der Waals surface area contributed by atoms with E-state index in [1.807, 2.05) is 4.68 Å². The summed E-state index contributed by atoms with van der Waals surface area (Å²) in [6.07, 6.45) is 2.00. The summed E-state index contributed by atoms with van der Waals surface area (Å²) in [6.45, 7) is 4.98. The summed E-state index contributed by atoms with van der Waals surface area (Å²) < 4.78 is 15.3. The van der Waals surface area contributed by atoms with Crippen molar-refractivity contribution in [3.8, 4) is 0 Å². The summed E-state index contributed by atoms with van der Waals surface area (Å²) in [5.41, 5.74) is 9.70. The predicted octanol–water partition coefficient (Wildman–Crippen LogP) is 1.40. The molecule has 1 unspecified atom stereocenters. The molecule has 0 radical (unpaired) electrons. The van der Waals surface area contributed by atoms with Gasteiger partial charge < -0.3 is 5.73 Å². The smallest absolute Gasteiger partial charge is 0.138 e. The van der Waals surface area contributed by atoms with Crippen LogP contribution in [0.4, 0.5) is 10.1 Å². The van der Waals surface area contributed by atoms with Gasteiger partial charge in [0.05, 0.1) is 6.04 Å². The average molecular weight is 292 g/mol. The SMILES string of the molecule is CC(C)Cn1ncnc1CC(NN)c1cc(F)ccc1N. The fraction of sp³-hybridized carbons (Fsp3) is 0.429. The van der Waals surface area contributed by atoms with Gasteiger partial charge in [-0.1, -0.05) is 13.8 Å². The van der Waals surface area contributed by atoms with Crippen molar-refractivity contribution >= 4 is 5.69 Å². The monoisotopic (exact) mass is 292 g/mol. The zero-order valence-electron chi connectivity index (χ0n) is 12.3. The van der Waals surface area contributed by atoms with Crippen LogP contribution in [0.25, 0.3) is 0 Å². The first-order valence-electron chi connectivity index (χ1n) is 6.89. The molecule has 2 aromatic rings. The Hall–Kier alpha value is -1.99. The van der Waals surface area contributed by atoms with Crippen molar-refractivity contribution in [2.24, 2.45) is 11.8 Å². The van der Waals surface area contributed by atoms with Gasteiger partial charge in [0.15, 0.2) is 0 Å². The van der Waals surface area contributed by atoms with Gasteiger partial charge in [0.25, 0.3) is 0 Å². The number of hydrogen-bond acceptors (Lipinski definition) is 5. The maximum atomic E-state index is 13.4. The van der Waals surface area contributed by atoms with Crippen LogP contribution < -0.4 is 17.0 Å². The number of halogens is 1. The molecule has 1 aromatic carbocycles. The lowest BCUT2D eigenvalue weighted by Crippen LogP contribution is -2.31. The normalized spacial score (nSPS) is 12.8. The van der Waals surface area contributed by atoms with E-state index in [-0.39, 0.29) is 11.9 Å². The van der Waals surface area contributed by atoms with Crippen LogP contribution in [-0.4, -0.2) is 14.8 Å². The molecule has 5 N–H and O–H groups in total. The second-order valence-electron chi connectivity index (χ2n) is 5.45. The molecule has 0 spiro atoms. The molecule has 1 atom stereocenters. The number of anilines is 1. The topological polar surface area (TPSA) is 94.8 Å². The number of hydrogen-bond donors (Lipinski definition) is 3. The van der Waals surface area contributed by atoms with E-state index < -0.39 is 0 Å². The quantitative estimate of drug-likeness (QED) is 0.425. The summed E-state index contributed by atoms with van der Waals surface area (Å²) in [5, 5.41) is 4.21. The third-order valence-corrected chi connectivity index (χ3v) is 3.25. The van der Waals surface area contributed by atoms with Gasteiger partial charge in [-0.15, -0.1) is 0 Å². The summed E-state index contributed by atoms with van der Waals surface area (Å²) in [6, 6.07) is 3.93. The van der Waals surface area contributed by atoms with Crippen molar-refractivity contribution in [1.82, 2.24) is 20.2 Å². The van der Waals surface area contributed by atoms with Crippen molar-refractivity contribution in [2.45, 2.75) is 32.9 Å². The molecule has 21 heavy (non-hydrogen) atoms. The molecule has 1 heterocycles. The molecule has 7 heteroatoms. The van der Waals surface area contributed by atoms with Crippen LogP contribution >= 0.6 is 0 Å². The van der Waals surface area contributed by atoms with E-state index in [9.17, 15) is 4.39 Å². The van der Waals surface area contributed by atoms with Crippen LogP contribution in [0.15, 0.2) is 24.5 Å². The van der Waals surface area contributed by atoms with Crippen molar-refractivity contribution in [1.29, 1.82) is 0 Å². The molecule has 6 nitrogen and oxygen atoms in total. The minimum Gasteiger partial charge on any atom is -0.398 e. The van der Waals surface area contributed by atoms with E-state index in [4.69, 9.17) is 11.6 Å². The highest BCUT2D eigenvalue weighted by Crippen LogP contribution is 2.23. The van der Waals surface area contributed by atoms with Crippen LogP contribution in [0.2, 0.25) is 0 Å². The number of rotatable bonds is 6. The van der Waals surface area contributed by atoms with Crippen LogP contribution in [0.5, 0.6) is 0 Å². The Kier molecular flexibility index (Phi) is 4.87. The van der Waals surface area contributed by atoms with Gasteiger partial charge in [0.1, 0.15) is 18.0 Å². The number of nitrogen functional groups attached to an aromatic ring is 1. The van der Waals surface area contributed by atoms with Crippen LogP contribution in [0.1, 0.15) is 31.3 Å². The Balaban J connectivity index is 2.23. The zero-order valence-corrected chi connectivity index (χ0v) is 12.3. The van der Waals surface area contributed by atoms with E-state index in [1.165, 1.54) is 24.5 Å². The Labute approximate surface area is 123 Å². The molecule has 0 saturated heterocycles. The van der Waals surface area contributed by atoms with E-state index in [0.29, 0.717) is 23.6 Å². The maximum Gasteiger partial charge on any atom is 0.138 e. The first kappa shape index (κ1) is 15.4. The minimum atomic E-state index is -0.344. The van der Waals surface area contributed by atoms with Crippen LogP contribution in [0, 0.1) is 11.7 Å². The molecule has 0 aliphatic heterocycles.